The van der Waals surface area contributed by atoms with Crippen LogP contribution in [0.2, 0.25) is 0 Å². The van der Waals surface area contributed by atoms with Gasteiger partial charge >= 0.3 is 0 Å². The van der Waals surface area contributed by atoms with Crippen LogP contribution in [-0.2, 0) is 0 Å². The van der Waals surface area contributed by atoms with Crippen LogP contribution >= 0.6 is 23.5 Å². The summed E-state index contributed by atoms with van der Waals surface area (Å²) in [5.41, 5.74) is 7.55. The highest BCUT2D eigenvalue weighted by molar-refractivity contribution is 8.07. The molecule has 0 amide bonds. The standard InChI is InChI=1S/C14H21NO2S2/c1-9-14(19-5-4-18-9)13(15)10-6-11(16-2)8-12(7-10)17-3/h6-9,13-14H,4-5,15H2,1-3H3. The maximum atomic E-state index is 6.46. The largest absolute Gasteiger partial charge is 0.497 e. The minimum Gasteiger partial charge on any atom is -0.497 e. The first-order chi connectivity index (χ1) is 9.15. The monoisotopic (exact) mass is 299 g/mol. The van der Waals surface area contributed by atoms with Crippen LogP contribution in [0.15, 0.2) is 18.2 Å². The summed E-state index contributed by atoms with van der Waals surface area (Å²) in [4.78, 5) is 0. The zero-order chi connectivity index (χ0) is 13.8. The van der Waals surface area contributed by atoms with Gasteiger partial charge in [0.2, 0.25) is 0 Å². The average molecular weight is 299 g/mol. The molecule has 3 unspecified atom stereocenters. The molecule has 0 radical (unpaired) electrons. The van der Waals surface area contributed by atoms with E-state index >= 15 is 0 Å². The normalized spacial score (nSPS) is 24.8. The van der Waals surface area contributed by atoms with Gasteiger partial charge in [-0.05, 0) is 17.7 Å². The van der Waals surface area contributed by atoms with Crippen molar-refractivity contribution in [3.63, 3.8) is 0 Å². The summed E-state index contributed by atoms with van der Waals surface area (Å²) in [5, 5.41) is 1.02. The number of ether oxygens (including phenoxy) is 2. The van der Waals surface area contributed by atoms with Gasteiger partial charge in [-0.15, -0.1) is 0 Å². The van der Waals surface area contributed by atoms with Gasteiger partial charge in [0.1, 0.15) is 11.5 Å². The molecule has 2 rings (SSSR count). The summed E-state index contributed by atoms with van der Waals surface area (Å²) in [6, 6.07) is 5.92. The highest BCUT2D eigenvalue weighted by atomic mass is 32.2. The minimum absolute atomic E-state index is 0.0109. The molecule has 0 aromatic heterocycles. The van der Waals surface area contributed by atoms with Crippen molar-refractivity contribution < 1.29 is 9.47 Å². The van der Waals surface area contributed by atoms with Gasteiger partial charge < -0.3 is 15.2 Å². The van der Waals surface area contributed by atoms with Crippen molar-refractivity contribution in [2.75, 3.05) is 25.7 Å². The second kappa shape index (κ2) is 6.77. The zero-order valence-corrected chi connectivity index (χ0v) is 13.2. The average Bonchev–Trinajstić information content (AvgIpc) is 2.46. The molecule has 106 valence electrons. The van der Waals surface area contributed by atoms with Gasteiger partial charge in [0, 0.05) is 34.1 Å². The molecule has 1 aromatic carbocycles. The summed E-state index contributed by atoms with van der Waals surface area (Å²) in [5.74, 6) is 3.99. The fraction of sp³-hybridized carbons (Fsp3) is 0.571. The molecule has 1 aliphatic rings. The van der Waals surface area contributed by atoms with Gasteiger partial charge in [-0.1, -0.05) is 6.92 Å². The number of benzene rings is 1. The van der Waals surface area contributed by atoms with E-state index in [0.29, 0.717) is 10.5 Å². The Kier molecular flexibility index (Phi) is 5.30. The van der Waals surface area contributed by atoms with Crippen molar-refractivity contribution in [1.82, 2.24) is 0 Å². The second-order valence-corrected chi connectivity index (χ2v) is 7.35. The lowest BCUT2D eigenvalue weighted by molar-refractivity contribution is 0.392. The van der Waals surface area contributed by atoms with Crippen LogP contribution in [0.25, 0.3) is 0 Å². The third-order valence-electron chi connectivity index (χ3n) is 3.35. The molecule has 3 atom stereocenters. The lowest BCUT2D eigenvalue weighted by Gasteiger charge is -2.32. The van der Waals surface area contributed by atoms with Crippen LogP contribution in [0.3, 0.4) is 0 Å². The lowest BCUT2D eigenvalue weighted by atomic mass is 10.0. The van der Waals surface area contributed by atoms with Crippen molar-refractivity contribution in [1.29, 1.82) is 0 Å². The van der Waals surface area contributed by atoms with Gasteiger partial charge in [0.05, 0.1) is 14.2 Å². The van der Waals surface area contributed by atoms with Gasteiger partial charge in [-0.2, -0.15) is 23.5 Å². The Morgan fingerprint density at radius 2 is 1.68 bits per heavy atom. The fourth-order valence-electron chi connectivity index (χ4n) is 2.26. The Morgan fingerprint density at radius 3 is 2.21 bits per heavy atom. The molecule has 19 heavy (non-hydrogen) atoms. The molecule has 5 heteroatoms. The lowest BCUT2D eigenvalue weighted by Crippen LogP contribution is -2.34. The number of rotatable bonds is 4. The van der Waals surface area contributed by atoms with Crippen LogP contribution in [-0.4, -0.2) is 36.2 Å². The first-order valence-corrected chi connectivity index (χ1v) is 8.47. The number of methoxy groups -OCH3 is 2. The smallest absolute Gasteiger partial charge is 0.122 e. The Labute approximate surface area is 123 Å². The fourth-order valence-corrected chi connectivity index (χ4v) is 5.14. The number of nitrogens with two attached hydrogens (primary N) is 1. The molecular formula is C14H21NO2S2. The van der Waals surface area contributed by atoms with Crippen LogP contribution in [0.1, 0.15) is 18.5 Å². The topological polar surface area (TPSA) is 44.5 Å². The third-order valence-corrected chi connectivity index (χ3v) is 6.57. The molecule has 1 aromatic rings. The maximum absolute atomic E-state index is 6.46. The molecule has 1 fully saturated rings. The molecule has 0 spiro atoms. The summed E-state index contributed by atoms with van der Waals surface area (Å²) < 4.78 is 10.6. The van der Waals surface area contributed by atoms with Gasteiger partial charge in [0.25, 0.3) is 0 Å². The molecule has 1 aliphatic heterocycles. The summed E-state index contributed by atoms with van der Waals surface area (Å²) in [6.07, 6.45) is 0. The van der Waals surface area contributed by atoms with Gasteiger partial charge in [-0.25, -0.2) is 0 Å². The maximum Gasteiger partial charge on any atom is 0.122 e. The van der Waals surface area contributed by atoms with E-state index in [9.17, 15) is 0 Å². The van der Waals surface area contributed by atoms with Crippen molar-refractivity contribution in [3.05, 3.63) is 23.8 Å². The van der Waals surface area contributed by atoms with E-state index in [0.717, 1.165) is 17.1 Å². The molecule has 0 saturated carbocycles. The minimum atomic E-state index is 0.0109. The van der Waals surface area contributed by atoms with E-state index in [1.165, 1.54) is 11.5 Å². The van der Waals surface area contributed by atoms with Crippen molar-refractivity contribution >= 4 is 23.5 Å². The quantitative estimate of drug-likeness (QED) is 0.926. The molecule has 0 bridgehead atoms. The number of hydrogen-bond acceptors (Lipinski definition) is 5. The first kappa shape index (κ1) is 14.9. The summed E-state index contributed by atoms with van der Waals surface area (Å²) in [7, 11) is 3.33. The van der Waals surface area contributed by atoms with Gasteiger partial charge in [-0.3, -0.25) is 0 Å². The van der Waals surface area contributed by atoms with E-state index < -0.39 is 0 Å². The Morgan fingerprint density at radius 1 is 1.11 bits per heavy atom. The SMILES string of the molecule is COc1cc(OC)cc(C(N)C2SCCSC2C)c1. The van der Waals surface area contributed by atoms with Crippen LogP contribution in [0.4, 0.5) is 0 Å². The Balaban J connectivity index is 2.24. The summed E-state index contributed by atoms with van der Waals surface area (Å²) in [6.45, 7) is 2.26. The Bertz CT molecular complexity index is 406. The van der Waals surface area contributed by atoms with Crippen LogP contribution in [0.5, 0.6) is 11.5 Å². The molecule has 2 N–H and O–H groups in total. The zero-order valence-electron chi connectivity index (χ0n) is 11.6. The molecule has 1 saturated heterocycles. The van der Waals surface area contributed by atoms with Crippen molar-refractivity contribution in [2.45, 2.75) is 23.5 Å². The predicted octanol–water partition coefficient (Wildman–Crippen LogP) is 2.94. The number of thioether (sulfide) groups is 2. The highest BCUT2D eigenvalue weighted by Gasteiger charge is 2.29. The van der Waals surface area contributed by atoms with Crippen molar-refractivity contribution in [2.24, 2.45) is 5.73 Å². The second-order valence-electron chi connectivity index (χ2n) is 4.58. The third kappa shape index (κ3) is 3.52. The van der Waals surface area contributed by atoms with Crippen LogP contribution in [0, 0.1) is 0 Å². The summed E-state index contributed by atoms with van der Waals surface area (Å²) >= 11 is 3.98. The number of hydrogen-bond donors (Lipinski definition) is 1. The first-order valence-electron chi connectivity index (χ1n) is 6.37. The van der Waals surface area contributed by atoms with E-state index in [1.54, 1.807) is 14.2 Å². The van der Waals surface area contributed by atoms with Gasteiger partial charge in [0.15, 0.2) is 0 Å². The molecule has 1 heterocycles. The van der Waals surface area contributed by atoms with Crippen LogP contribution < -0.4 is 15.2 Å². The van der Waals surface area contributed by atoms with E-state index in [4.69, 9.17) is 15.2 Å². The van der Waals surface area contributed by atoms with Crippen molar-refractivity contribution in [3.8, 4) is 11.5 Å². The molecule has 3 nitrogen and oxygen atoms in total. The van der Waals surface area contributed by atoms with E-state index in [2.05, 4.69) is 6.92 Å². The Hall–Kier alpha value is -0.520. The van der Waals surface area contributed by atoms with E-state index in [-0.39, 0.29) is 6.04 Å². The molecule has 0 aliphatic carbocycles. The predicted molar refractivity (Wildman–Crippen MR) is 84.6 cm³/mol. The molecular weight excluding hydrogens is 278 g/mol. The van der Waals surface area contributed by atoms with E-state index in [1.807, 2.05) is 41.7 Å². The highest BCUT2D eigenvalue weighted by Crippen LogP contribution is 2.39.